The second-order valence-corrected chi connectivity index (χ2v) is 7.62. The number of carbonyl (C=O) groups excluding carboxylic acids is 2. The largest absolute Gasteiger partial charge is 0.352 e. The van der Waals surface area contributed by atoms with Gasteiger partial charge in [0.2, 0.25) is 5.91 Å². The van der Waals surface area contributed by atoms with Gasteiger partial charge in [-0.25, -0.2) is 0 Å². The molecule has 2 aliphatic rings. The quantitative estimate of drug-likeness (QED) is 0.901. The highest BCUT2D eigenvalue weighted by Crippen LogP contribution is 2.58. The van der Waals surface area contributed by atoms with Gasteiger partial charge in [-0.3, -0.25) is 14.6 Å². The van der Waals surface area contributed by atoms with Gasteiger partial charge in [-0.05, 0) is 42.7 Å². The van der Waals surface area contributed by atoms with Crippen LogP contribution < -0.4 is 5.32 Å². The van der Waals surface area contributed by atoms with Crippen LogP contribution in [0.3, 0.4) is 0 Å². The molecular formula is C20H20ClN3O2. The van der Waals surface area contributed by atoms with E-state index in [2.05, 4.69) is 10.3 Å². The predicted molar refractivity (Wildman–Crippen MR) is 98.6 cm³/mol. The topological polar surface area (TPSA) is 62.3 Å². The molecule has 1 saturated carbocycles. The summed E-state index contributed by atoms with van der Waals surface area (Å²) in [5, 5.41) is 3.55. The van der Waals surface area contributed by atoms with Crippen LogP contribution >= 0.6 is 11.6 Å². The van der Waals surface area contributed by atoms with Crippen LogP contribution in [0.5, 0.6) is 0 Å². The summed E-state index contributed by atoms with van der Waals surface area (Å²) < 4.78 is 0. The first-order chi connectivity index (χ1) is 12.6. The lowest BCUT2D eigenvalue weighted by atomic mass is 10.0. The second-order valence-electron chi connectivity index (χ2n) is 7.19. The Bertz CT molecular complexity index is 842. The van der Waals surface area contributed by atoms with Crippen LogP contribution in [-0.4, -0.2) is 34.8 Å². The van der Waals surface area contributed by atoms with Crippen molar-refractivity contribution in [3.63, 3.8) is 0 Å². The van der Waals surface area contributed by atoms with Gasteiger partial charge >= 0.3 is 0 Å². The molecule has 1 aromatic heterocycles. The van der Waals surface area contributed by atoms with Crippen molar-refractivity contribution in [1.29, 1.82) is 0 Å². The lowest BCUT2D eigenvalue weighted by molar-refractivity contribution is -0.123. The first-order valence-corrected chi connectivity index (χ1v) is 9.17. The van der Waals surface area contributed by atoms with E-state index in [0.29, 0.717) is 30.2 Å². The minimum Gasteiger partial charge on any atom is -0.352 e. The molecule has 2 atom stereocenters. The molecule has 1 aliphatic carbocycles. The second kappa shape index (κ2) is 6.72. The summed E-state index contributed by atoms with van der Waals surface area (Å²) in [6.45, 7) is 1.82. The Hall–Kier alpha value is -2.40. The molecule has 1 spiro atoms. The molecule has 0 bridgehead atoms. The van der Waals surface area contributed by atoms with Gasteiger partial charge in [-0.15, -0.1) is 0 Å². The van der Waals surface area contributed by atoms with E-state index in [-0.39, 0.29) is 23.1 Å². The minimum absolute atomic E-state index is 0.00340. The number of pyridine rings is 1. The van der Waals surface area contributed by atoms with Crippen molar-refractivity contribution >= 4 is 23.4 Å². The molecule has 5 nitrogen and oxygen atoms in total. The number of halogens is 1. The zero-order chi connectivity index (χ0) is 18.1. The highest BCUT2D eigenvalue weighted by atomic mass is 35.5. The third-order valence-electron chi connectivity index (χ3n) is 5.44. The number of benzene rings is 1. The lowest BCUT2D eigenvalue weighted by Gasteiger charge is -2.17. The molecule has 2 aromatic rings. The summed E-state index contributed by atoms with van der Waals surface area (Å²) in [5.74, 6) is 0.0630. The summed E-state index contributed by atoms with van der Waals surface area (Å²) in [7, 11) is 0. The van der Waals surface area contributed by atoms with Crippen molar-refractivity contribution in [3.8, 4) is 0 Å². The van der Waals surface area contributed by atoms with Crippen molar-refractivity contribution in [2.24, 2.45) is 11.3 Å². The zero-order valence-electron chi connectivity index (χ0n) is 14.3. The van der Waals surface area contributed by atoms with Crippen molar-refractivity contribution in [2.45, 2.75) is 19.4 Å². The molecule has 1 N–H and O–H groups in total. The van der Waals surface area contributed by atoms with Gasteiger partial charge in [0.05, 0.1) is 0 Å². The van der Waals surface area contributed by atoms with E-state index in [1.54, 1.807) is 36.7 Å². The summed E-state index contributed by atoms with van der Waals surface area (Å²) >= 11 is 5.99. The van der Waals surface area contributed by atoms with Crippen LogP contribution in [0.1, 0.15) is 28.8 Å². The predicted octanol–water partition coefficient (Wildman–Crippen LogP) is 2.90. The number of amides is 2. The lowest BCUT2D eigenvalue weighted by Crippen LogP contribution is -2.31. The Labute approximate surface area is 157 Å². The minimum atomic E-state index is -0.0484. The van der Waals surface area contributed by atoms with Gasteiger partial charge in [0.1, 0.15) is 0 Å². The summed E-state index contributed by atoms with van der Waals surface area (Å²) in [6.07, 6.45) is 5.20. The van der Waals surface area contributed by atoms with E-state index in [9.17, 15) is 9.59 Å². The maximum absolute atomic E-state index is 12.7. The Morgan fingerprint density at radius 1 is 1.31 bits per heavy atom. The maximum atomic E-state index is 12.7. The van der Waals surface area contributed by atoms with Crippen LogP contribution in [0, 0.1) is 11.3 Å². The van der Waals surface area contributed by atoms with Gasteiger partial charge in [0.15, 0.2) is 0 Å². The Balaban J connectivity index is 1.34. The molecule has 2 heterocycles. The normalized spacial score (nSPS) is 23.9. The zero-order valence-corrected chi connectivity index (χ0v) is 15.1. The number of hydrogen-bond donors (Lipinski definition) is 1. The van der Waals surface area contributed by atoms with E-state index >= 15 is 0 Å². The Morgan fingerprint density at radius 2 is 2.19 bits per heavy atom. The average Bonchev–Trinajstić information content (AvgIpc) is 3.20. The van der Waals surface area contributed by atoms with Crippen molar-refractivity contribution in [1.82, 2.24) is 15.2 Å². The number of hydrogen-bond acceptors (Lipinski definition) is 3. The average molecular weight is 370 g/mol. The van der Waals surface area contributed by atoms with Crippen molar-refractivity contribution in [2.75, 3.05) is 13.1 Å². The number of nitrogens with zero attached hydrogens (tertiary/aromatic N) is 2. The molecule has 0 radical (unpaired) electrons. The van der Waals surface area contributed by atoms with Crippen LogP contribution in [-0.2, 0) is 11.3 Å². The third kappa shape index (κ3) is 3.31. The SMILES string of the molecule is O=C(NCc1cccnc1)[C@H]1C[C@]12CCN(C(=O)c1cccc(Cl)c1)C2. The molecular weight excluding hydrogens is 350 g/mol. The smallest absolute Gasteiger partial charge is 0.253 e. The fraction of sp³-hybridized carbons (Fsp3) is 0.350. The molecule has 134 valence electrons. The van der Waals surface area contributed by atoms with Crippen LogP contribution in [0.15, 0.2) is 48.8 Å². The van der Waals surface area contributed by atoms with Crippen LogP contribution in [0.4, 0.5) is 0 Å². The van der Waals surface area contributed by atoms with E-state index < -0.39 is 0 Å². The first kappa shape index (κ1) is 17.0. The molecule has 1 aliphatic heterocycles. The van der Waals surface area contributed by atoms with Gasteiger partial charge in [0.25, 0.3) is 5.91 Å². The Kier molecular flexibility index (Phi) is 4.41. The third-order valence-corrected chi connectivity index (χ3v) is 5.67. The molecule has 2 fully saturated rings. The van der Waals surface area contributed by atoms with E-state index in [1.807, 2.05) is 17.0 Å². The van der Waals surface area contributed by atoms with E-state index in [4.69, 9.17) is 11.6 Å². The highest BCUT2D eigenvalue weighted by Gasteiger charge is 2.61. The number of carbonyl (C=O) groups is 2. The highest BCUT2D eigenvalue weighted by molar-refractivity contribution is 6.30. The summed E-state index contributed by atoms with van der Waals surface area (Å²) in [4.78, 5) is 31.0. The molecule has 0 unspecified atom stereocenters. The van der Waals surface area contributed by atoms with Gasteiger partial charge in [0, 0.05) is 53.9 Å². The molecule has 1 aromatic carbocycles. The molecule has 4 rings (SSSR count). The van der Waals surface area contributed by atoms with E-state index in [1.165, 1.54) is 0 Å². The van der Waals surface area contributed by atoms with Gasteiger partial charge < -0.3 is 10.2 Å². The summed E-state index contributed by atoms with van der Waals surface area (Å²) in [6, 6.07) is 10.8. The number of likely N-dealkylation sites (tertiary alicyclic amines) is 1. The number of aromatic nitrogens is 1. The monoisotopic (exact) mass is 369 g/mol. The molecule has 2 amide bonds. The van der Waals surface area contributed by atoms with Crippen molar-refractivity contribution < 1.29 is 9.59 Å². The molecule has 26 heavy (non-hydrogen) atoms. The first-order valence-electron chi connectivity index (χ1n) is 8.79. The van der Waals surface area contributed by atoms with Gasteiger partial charge in [-0.2, -0.15) is 0 Å². The van der Waals surface area contributed by atoms with Crippen molar-refractivity contribution in [3.05, 3.63) is 64.9 Å². The standard InChI is InChI=1S/C20H20ClN3O2/c21-16-5-1-4-15(9-16)19(26)24-8-6-20(13-24)10-17(20)18(25)23-12-14-3-2-7-22-11-14/h1-5,7,9,11,17H,6,8,10,12-13H2,(H,23,25)/t17-,20+/m1/s1. The van der Waals surface area contributed by atoms with Crippen LogP contribution in [0.25, 0.3) is 0 Å². The number of nitrogens with one attached hydrogen (secondary N) is 1. The fourth-order valence-corrected chi connectivity index (χ4v) is 4.05. The molecule has 6 heteroatoms. The maximum Gasteiger partial charge on any atom is 0.253 e. The van der Waals surface area contributed by atoms with Gasteiger partial charge in [-0.1, -0.05) is 23.7 Å². The van der Waals surface area contributed by atoms with E-state index in [0.717, 1.165) is 18.4 Å². The molecule has 1 saturated heterocycles. The Morgan fingerprint density at radius 3 is 2.96 bits per heavy atom. The van der Waals surface area contributed by atoms with Crippen LogP contribution in [0.2, 0.25) is 5.02 Å². The number of rotatable bonds is 4. The summed E-state index contributed by atoms with van der Waals surface area (Å²) in [5.41, 5.74) is 1.54. The fourth-order valence-electron chi connectivity index (χ4n) is 3.86.